The number of pyridine rings is 1. The number of anilines is 1. The highest BCUT2D eigenvalue weighted by molar-refractivity contribution is 5.48. The minimum absolute atomic E-state index is 0.0203. The Labute approximate surface area is 123 Å². The van der Waals surface area contributed by atoms with E-state index in [1.54, 1.807) is 0 Å². The molecule has 21 heavy (non-hydrogen) atoms. The molecule has 1 N–H and O–H groups in total. The molecule has 0 radical (unpaired) electrons. The molecule has 2 heterocycles. The van der Waals surface area contributed by atoms with Crippen LogP contribution < -0.4 is 5.32 Å². The van der Waals surface area contributed by atoms with Crippen molar-refractivity contribution in [2.75, 3.05) is 31.6 Å². The molecule has 0 amide bonds. The minimum Gasteiger partial charge on any atom is -0.374 e. The third-order valence-corrected chi connectivity index (χ3v) is 4.01. The van der Waals surface area contributed by atoms with Crippen LogP contribution in [-0.2, 0) is 4.74 Å². The van der Waals surface area contributed by atoms with Crippen molar-refractivity contribution in [3.05, 3.63) is 27.9 Å². The Kier molecular flexibility index (Phi) is 4.03. The van der Waals surface area contributed by atoms with Crippen molar-refractivity contribution in [2.24, 2.45) is 0 Å². The van der Waals surface area contributed by atoms with E-state index in [1.165, 1.54) is 25.1 Å². The van der Waals surface area contributed by atoms with Gasteiger partial charge in [0.1, 0.15) is 12.0 Å². The molecule has 0 spiro atoms. The molecule has 7 nitrogen and oxygen atoms in total. The fourth-order valence-electron chi connectivity index (χ4n) is 2.69. The first-order valence-corrected chi connectivity index (χ1v) is 7.34. The van der Waals surface area contributed by atoms with E-state index in [1.807, 2.05) is 6.92 Å². The Morgan fingerprint density at radius 3 is 3.05 bits per heavy atom. The zero-order valence-electron chi connectivity index (χ0n) is 12.1. The van der Waals surface area contributed by atoms with E-state index in [0.29, 0.717) is 12.4 Å². The summed E-state index contributed by atoms with van der Waals surface area (Å²) in [6.07, 6.45) is 4.05. The lowest BCUT2D eigenvalue weighted by molar-refractivity contribution is -0.385. The Morgan fingerprint density at radius 2 is 2.38 bits per heavy atom. The minimum atomic E-state index is -0.429. The lowest BCUT2D eigenvalue weighted by atomic mass is 10.2. The van der Waals surface area contributed by atoms with Gasteiger partial charge in [-0.15, -0.1) is 0 Å². The number of aryl methyl sites for hydroxylation is 1. The molecule has 0 bridgehead atoms. The van der Waals surface area contributed by atoms with E-state index < -0.39 is 4.92 Å². The molecular formula is C14H20N4O3. The number of nitro groups is 1. The van der Waals surface area contributed by atoms with Gasteiger partial charge in [-0.1, -0.05) is 0 Å². The monoisotopic (exact) mass is 292 g/mol. The summed E-state index contributed by atoms with van der Waals surface area (Å²) in [4.78, 5) is 16.9. The van der Waals surface area contributed by atoms with Crippen molar-refractivity contribution in [2.45, 2.75) is 31.9 Å². The molecule has 1 aromatic rings. The molecular weight excluding hydrogens is 272 g/mol. The van der Waals surface area contributed by atoms with Gasteiger partial charge in [0.25, 0.3) is 5.69 Å². The van der Waals surface area contributed by atoms with Crippen molar-refractivity contribution in [1.82, 2.24) is 9.88 Å². The van der Waals surface area contributed by atoms with Gasteiger partial charge >= 0.3 is 0 Å². The average molecular weight is 292 g/mol. The van der Waals surface area contributed by atoms with E-state index in [2.05, 4.69) is 15.2 Å². The maximum absolute atomic E-state index is 10.7. The van der Waals surface area contributed by atoms with Crippen molar-refractivity contribution < 1.29 is 9.66 Å². The van der Waals surface area contributed by atoms with Crippen LogP contribution in [0, 0.1) is 17.0 Å². The highest BCUT2D eigenvalue weighted by Crippen LogP contribution is 2.28. The second-order valence-corrected chi connectivity index (χ2v) is 5.72. The Morgan fingerprint density at radius 1 is 1.57 bits per heavy atom. The SMILES string of the molecule is Cc1cc([N+](=O)[O-])cnc1NCC1CN(C2CC2)CCO1. The molecule has 114 valence electrons. The molecule has 2 aliphatic rings. The van der Waals surface area contributed by atoms with E-state index in [-0.39, 0.29) is 11.8 Å². The molecule has 1 aliphatic carbocycles. The maximum atomic E-state index is 10.7. The number of aromatic nitrogens is 1. The quantitative estimate of drug-likeness (QED) is 0.655. The molecule has 0 aromatic carbocycles. The van der Waals surface area contributed by atoms with Crippen molar-refractivity contribution in [1.29, 1.82) is 0 Å². The normalized spacial score (nSPS) is 23.0. The topological polar surface area (TPSA) is 80.5 Å². The second kappa shape index (κ2) is 5.95. The third kappa shape index (κ3) is 3.48. The van der Waals surface area contributed by atoms with Crippen LogP contribution in [0.25, 0.3) is 0 Å². The molecule has 7 heteroatoms. The van der Waals surface area contributed by atoms with E-state index in [4.69, 9.17) is 4.74 Å². The summed E-state index contributed by atoms with van der Waals surface area (Å²) in [5.74, 6) is 0.688. The van der Waals surface area contributed by atoms with E-state index in [0.717, 1.165) is 31.3 Å². The lowest BCUT2D eigenvalue weighted by Gasteiger charge is -2.33. The fourth-order valence-corrected chi connectivity index (χ4v) is 2.69. The predicted octanol–water partition coefficient (Wildman–Crippen LogP) is 1.57. The van der Waals surface area contributed by atoms with Gasteiger partial charge in [-0.2, -0.15) is 0 Å². The van der Waals surface area contributed by atoms with Crippen molar-refractivity contribution in [3.8, 4) is 0 Å². The number of morpholine rings is 1. The first-order valence-electron chi connectivity index (χ1n) is 7.34. The summed E-state index contributed by atoms with van der Waals surface area (Å²) in [6, 6.07) is 2.30. The molecule has 2 fully saturated rings. The van der Waals surface area contributed by atoms with Gasteiger partial charge in [-0.3, -0.25) is 15.0 Å². The first-order chi connectivity index (χ1) is 10.1. The summed E-state index contributed by atoms with van der Waals surface area (Å²) >= 11 is 0. The van der Waals surface area contributed by atoms with Crippen molar-refractivity contribution >= 4 is 11.5 Å². The number of hydrogen-bond donors (Lipinski definition) is 1. The van der Waals surface area contributed by atoms with Gasteiger partial charge in [-0.05, 0) is 25.3 Å². The van der Waals surface area contributed by atoms with Crippen LogP contribution in [0.2, 0.25) is 0 Å². The van der Waals surface area contributed by atoms with Crippen LogP contribution in [0.4, 0.5) is 11.5 Å². The zero-order chi connectivity index (χ0) is 14.8. The largest absolute Gasteiger partial charge is 0.374 e. The van der Waals surface area contributed by atoms with Crippen LogP contribution in [-0.4, -0.2) is 53.2 Å². The molecule has 1 unspecified atom stereocenters. The summed E-state index contributed by atoms with van der Waals surface area (Å²) in [6.45, 7) is 5.24. The lowest BCUT2D eigenvalue weighted by Crippen LogP contribution is -2.46. The molecule has 1 aliphatic heterocycles. The molecule has 1 saturated heterocycles. The summed E-state index contributed by atoms with van der Waals surface area (Å²) in [5, 5.41) is 13.9. The third-order valence-electron chi connectivity index (χ3n) is 4.01. The Balaban J connectivity index is 1.55. The first kappa shape index (κ1) is 14.2. The van der Waals surface area contributed by atoms with Gasteiger partial charge in [0.2, 0.25) is 0 Å². The fraction of sp³-hybridized carbons (Fsp3) is 0.643. The number of rotatable bonds is 5. The van der Waals surface area contributed by atoms with Gasteiger partial charge in [0, 0.05) is 31.7 Å². The molecule has 3 rings (SSSR count). The molecule has 1 atom stereocenters. The summed E-state index contributed by atoms with van der Waals surface area (Å²) in [5.41, 5.74) is 0.797. The summed E-state index contributed by atoms with van der Waals surface area (Å²) in [7, 11) is 0. The Hall–Kier alpha value is -1.73. The molecule has 1 aromatic heterocycles. The highest BCUT2D eigenvalue weighted by atomic mass is 16.6. The van der Waals surface area contributed by atoms with E-state index >= 15 is 0 Å². The number of nitrogens with zero attached hydrogens (tertiary/aromatic N) is 3. The maximum Gasteiger partial charge on any atom is 0.287 e. The number of ether oxygens (including phenoxy) is 1. The average Bonchev–Trinajstić information content (AvgIpc) is 3.31. The highest BCUT2D eigenvalue weighted by Gasteiger charge is 2.32. The standard InChI is InChI=1S/C14H20N4O3/c1-10-6-12(18(19)20)7-15-14(10)16-8-13-9-17(4-5-21-13)11-2-3-11/h6-7,11,13H,2-5,8-9H2,1H3,(H,15,16). The van der Waals surface area contributed by atoms with Crippen LogP contribution in [0.3, 0.4) is 0 Å². The van der Waals surface area contributed by atoms with Crippen LogP contribution in [0.1, 0.15) is 18.4 Å². The van der Waals surface area contributed by atoms with Gasteiger partial charge in [-0.25, -0.2) is 4.98 Å². The molecule has 1 saturated carbocycles. The van der Waals surface area contributed by atoms with E-state index in [9.17, 15) is 10.1 Å². The van der Waals surface area contributed by atoms with Gasteiger partial charge < -0.3 is 10.1 Å². The van der Waals surface area contributed by atoms with Gasteiger partial charge in [0.15, 0.2) is 0 Å². The second-order valence-electron chi connectivity index (χ2n) is 5.72. The smallest absolute Gasteiger partial charge is 0.287 e. The Bertz CT molecular complexity index is 533. The zero-order valence-corrected chi connectivity index (χ0v) is 12.1. The van der Waals surface area contributed by atoms with Crippen molar-refractivity contribution in [3.63, 3.8) is 0 Å². The summed E-state index contributed by atoms with van der Waals surface area (Å²) < 4.78 is 5.77. The number of hydrogen-bond acceptors (Lipinski definition) is 6. The van der Waals surface area contributed by atoms with Crippen LogP contribution in [0.5, 0.6) is 0 Å². The number of nitrogens with one attached hydrogen (secondary N) is 1. The van der Waals surface area contributed by atoms with Crippen LogP contribution in [0.15, 0.2) is 12.3 Å². The van der Waals surface area contributed by atoms with Gasteiger partial charge in [0.05, 0.1) is 17.6 Å². The van der Waals surface area contributed by atoms with Crippen LogP contribution >= 0.6 is 0 Å². The predicted molar refractivity (Wildman–Crippen MR) is 78.5 cm³/mol.